The molecule has 0 bridgehead atoms. The molecule has 0 saturated heterocycles. The van der Waals surface area contributed by atoms with Crippen LogP contribution in [0.2, 0.25) is 0 Å². The molecule has 0 aromatic carbocycles. The lowest BCUT2D eigenvalue weighted by molar-refractivity contribution is -0.117. The molecule has 0 heterocycles. The van der Waals surface area contributed by atoms with Crippen molar-refractivity contribution in [1.29, 1.82) is 0 Å². The Balaban J connectivity index is 4.61. The highest BCUT2D eigenvalue weighted by Crippen LogP contribution is 2.07. The second-order valence-electron chi connectivity index (χ2n) is 4.46. The molecule has 2 N–H and O–H groups in total. The summed E-state index contributed by atoms with van der Waals surface area (Å²) in [4.78, 5) is 11.2. The molecule has 0 fully saturated rings. The van der Waals surface area contributed by atoms with Crippen molar-refractivity contribution in [2.75, 3.05) is 12.3 Å². The Morgan fingerprint density at radius 3 is 2.39 bits per heavy atom. The molecular formula is C12H22N2O3S. The van der Waals surface area contributed by atoms with E-state index in [4.69, 9.17) is 0 Å². The van der Waals surface area contributed by atoms with Gasteiger partial charge >= 0.3 is 0 Å². The maximum absolute atomic E-state index is 11.7. The van der Waals surface area contributed by atoms with Gasteiger partial charge in [0.1, 0.15) is 0 Å². The maximum Gasteiger partial charge on any atom is 0.243 e. The van der Waals surface area contributed by atoms with Gasteiger partial charge in [-0.25, -0.2) is 13.1 Å². The molecule has 0 aromatic heterocycles. The van der Waals surface area contributed by atoms with E-state index in [0.29, 0.717) is 6.42 Å². The number of carbonyl (C=O) groups is 1. The van der Waals surface area contributed by atoms with Gasteiger partial charge in [-0.15, -0.1) is 6.58 Å². The molecule has 1 atom stereocenters. The molecule has 0 aliphatic heterocycles. The second-order valence-corrected chi connectivity index (χ2v) is 6.31. The lowest BCUT2D eigenvalue weighted by atomic mass is 10.1. The minimum absolute atomic E-state index is 0.140. The standard InChI is InChI=1S/C12H22N2O3S/c1-5-7-13-18(16,17)9-11(8-10(3)4)14-12(15)6-2/h5-6,10-11,13H,1-2,7-9H2,3-4H3,(H,14,15)/t11-/m0/s1. The molecule has 0 radical (unpaired) electrons. The molecule has 0 spiro atoms. The number of sulfonamides is 1. The van der Waals surface area contributed by atoms with Crippen molar-refractivity contribution in [2.45, 2.75) is 26.3 Å². The quantitative estimate of drug-likeness (QED) is 0.482. The monoisotopic (exact) mass is 274 g/mol. The van der Waals surface area contributed by atoms with Crippen LogP contribution < -0.4 is 10.0 Å². The highest BCUT2D eigenvalue weighted by molar-refractivity contribution is 7.89. The van der Waals surface area contributed by atoms with Crippen LogP contribution in [0.5, 0.6) is 0 Å². The van der Waals surface area contributed by atoms with Crippen molar-refractivity contribution >= 4 is 15.9 Å². The molecule has 0 aromatic rings. The average Bonchev–Trinajstić information content (AvgIpc) is 2.24. The third-order valence-corrected chi connectivity index (χ3v) is 3.60. The number of carbonyl (C=O) groups excluding carboxylic acids is 1. The fourth-order valence-electron chi connectivity index (χ4n) is 1.51. The first-order chi connectivity index (χ1) is 8.30. The molecule has 18 heavy (non-hydrogen) atoms. The Bertz CT molecular complexity index is 388. The topological polar surface area (TPSA) is 75.3 Å². The minimum atomic E-state index is -3.41. The predicted molar refractivity (Wildman–Crippen MR) is 73.6 cm³/mol. The highest BCUT2D eigenvalue weighted by atomic mass is 32.2. The Labute approximate surface area is 109 Å². The molecule has 0 saturated carbocycles. The zero-order valence-electron chi connectivity index (χ0n) is 11.0. The number of rotatable bonds is 9. The Hall–Kier alpha value is -1.14. The number of hydrogen-bond acceptors (Lipinski definition) is 3. The maximum atomic E-state index is 11.7. The van der Waals surface area contributed by atoms with Crippen LogP contribution in [0.4, 0.5) is 0 Å². The summed E-state index contributed by atoms with van der Waals surface area (Å²) in [6.07, 6.45) is 3.20. The first-order valence-electron chi connectivity index (χ1n) is 5.82. The van der Waals surface area contributed by atoms with Crippen LogP contribution in [-0.4, -0.2) is 32.7 Å². The Morgan fingerprint density at radius 2 is 1.94 bits per heavy atom. The van der Waals surface area contributed by atoms with Gasteiger partial charge in [0.2, 0.25) is 15.9 Å². The average molecular weight is 274 g/mol. The fraction of sp³-hybridized carbons (Fsp3) is 0.583. The predicted octanol–water partition coefficient (Wildman–Crippen LogP) is 0.809. The van der Waals surface area contributed by atoms with E-state index in [9.17, 15) is 13.2 Å². The fourth-order valence-corrected chi connectivity index (χ4v) is 2.75. The van der Waals surface area contributed by atoms with Gasteiger partial charge in [0, 0.05) is 12.6 Å². The van der Waals surface area contributed by atoms with Crippen molar-refractivity contribution < 1.29 is 13.2 Å². The largest absolute Gasteiger partial charge is 0.349 e. The van der Waals surface area contributed by atoms with Gasteiger partial charge in [0.05, 0.1) is 5.75 Å². The molecule has 104 valence electrons. The van der Waals surface area contributed by atoms with E-state index in [1.54, 1.807) is 0 Å². The molecule has 5 nitrogen and oxygen atoms in total. The van der Waals surface area contributed by atoms with Gasteiger partial charge in [0.25, 0.3) is 0 Å². The van der Waals surface area contributed by atoms with Crippen molar-refractivity contribution in [3.63, 3.8) is 0 Å². The smallest absolute Gasteiger partial charge is 0.243 e. The number of hydrogen-bond donors (Lipinski definition) is 2. The lowest BCUT2D eigenvalue weighted by Gasteiger charge is -2.19. The van der Waals surface area contributed by atoms with Gasteiger partial charge in [-0.2, -0.15) is 0 Å². The van der Waals surface area contributed by atoms with E-state index in [2.05, 4.69) is 23.2 Å². The van der Waals surface area contributed by atoms with Gasteiger partial charge < -0.3 is 5.32 Å². The summed E-state index contributed by atoms with van der Waals surface area (Å²) in [5.41, 5.74) is 0. The van der Waals surface area contributed by atoms with Crippen LogP contribution in [0.3, 0.4) is 0 Å². The van der Waals surface area contributed by atoms with E-state index in [1.807, 2.05) is 13.8 Å². The van der Waals surface area contributed by atoms with Crippen LogP contribution >= 0.6 is 0 Å². The van der Waals surface area contributed by atoms with E-state index in [-0.39, 0.29) is 24.1 Å². The third kappa shape index (κ3) is 8.03. The van der Waals surface area contributed by atoms with Gasteiger partial charge in [0.15, 0.2) is 0 Å². The summed E-state index contributed by atoms with van der Waals surface area (Å²) in [5, 5.41) is 2.63. The van der Waals surface area contributed by atoms with Crippen molar-refractivity contribution in [1.82, 2.24) is 10.0 Å². The SMILES string of the molecule is C=CCNS(=O)(=O)C[C@H](CC(C)C)NC(=O)C=C. The molecular weight excluding hydrogens is 252 g/mol. The van der Waals surface area contributed by atoms with Crippen molar-refractivity contribution in [3.8, 4) is 0 Å². The Kier molecular flexibility index (Phi) is 7.54. The molecule has 0 unspecified atom stereocenters. The van der Waals surface area contributed by atoms with Crippen molar-refractivity contribution in [3.05, 3.63) is 25.3 Å². The minimum Gasteiger partial charge on any atom is -0.349 e. The number of nitrogens with one attached hydrogen (secondary N) is 2. The van der Waals surface area contributed by atoms with E-state index >= 15 is 0 Å². The van der Waals surface area contributed by atoms with E-state index < -0.39 is 16.1 Å². The molecule has 0 aliphatic carbocycles. The first kappa shape index (κ1) is 16.9. The molecule has 1 amide bonds. The zero-order valence-corrected chi connectivity index (χ0v) is 11.8. The summed E-state index contributed by atoms with van der Waals surface area (Å²) in [6, 6.07) is -0.419. The van der Waals surface area contributed by atoms with Gasteiger partial charge in [-0.05, 0) is 18.4 Å². The van der Waals surface area contributed by atoms with E-state index in [1.165, 1.54) is 6.08 Å². The lowest BCUT2D eigenvalue weighted by Crippen LogP contribution is -2.43. The van der Waals surface area contributed by atoms with Crippen LogP contribution in [-0.2, 0) is 14.8 Å². The second kappa shape index (κ2) is 8.05. The first-order valence-corrected chi connectivity index (χ1v) is 7.47. The molecule has 6 heteroatoms. The van der Waals surface area contributed by atoms with Crippen LogP contribution in [0.1, 0.15) is 20.3 Å². The third-order valence-electron chi connectivity index (χ3n) is 2.16. The summed E-state index contributed by atoms with van der Waals surface area (Å²) in [6.45, 7) is 10.9. The summed E-state index contributed by atoms with van der Waals surface area (Å²) in [5.74, 6) is -0.215. The van der Waals surface area contributed by atoms with Gasteiger partial charge in [-0.1, -0.05) is 26.5 Å². The number of amides is 1. The van der Waals surface area contributed by atoms with E-state index in [0.717, 1.165) is 6.08 Å². The normalized spacial score (nSPS) is 13.1. The Morgan fingerprint density at radius 1 is 1.33 bits per heavy atom. The molecule has 0 rings (SSSR count). The van der Waals surface area contributed by atoms with Crippen LogP contribution in [0.15, 0.2) is 25.3 Å². The zero-order chi connectivity index (χ0) is 14.2. The van der Waals surface area contributed by atoms with Crippen LogP contribution in [0, 0.1) is 5.92 Å². The van der Waals surface area contributed by atoms with Gasteiger partial charge in [-0.3, -0.25) is 4.79 Å². The summed E-state index contributed by atoms with van der Waals surface area (Å²) < 4.78 is 25.8. The highest BCUT2D eigenvalue weighted by Gasteiger charge is 2.20. The summed E-state index contributed by atoms with van der Waals surface area (Å²) >= 11 is 0. The van der Waals surface area contributed by atoms with Crippen LogP contribution in [0.25, 0.3) is 0 Å². The van der Waals surface area contributed by atoms with Crippen molar-refractivity contribution in [2.24, 2.45) is 5.92 Å². The summed E-state index contributed by atoms with van der Waals surface area (Å²) in [7, 11) is -3.41. The molecule has 0 aliphatic rings.